The van der Waals surface area contributed by atoms with Gasteiger partial charge in [0.05, 0.1) is 0 Å². The molecule has 186 valence electrons. The van der Waals surface area contributed by atoms with Crippen LogP contribution in [0.25, 0.3) is 0 Å². The van der Waals surface area contributed by atoms with Gasteiger partial charge in [-0.15, -0.1) is 0 Å². The van der Waals surface area contributed by atoms with Crippen molar-refractivity contribution >= 4 is 5.97 Å². The molecule has 0 spiro atoms. The van der Waals surface area contributed by atoms with Gasteiger partial charge in [0.1, 0.15) is 6.10 Å². The Morgan fingerprint density at radius 3 is 1.71 bits per heavy atom. The summed E-state index contributed by atoms with van der Waals surface area (Å²) in [5.41, 5.74) is 0. The molecule has 0 unspecified atom stereocenters. The van der Waals surface area contributed by atoms with E-state index in [0.29, 0.717) is 6.42 Å². The third-order valence-electron chi connectivity index (χ3n) is 6.05. The molecule has 0 atom stereocenters. The Kier molecular flexibility index (Phi) is 25.1. The maximum Gasteiger partial charge on any atom is 0.306 e. The molecule has 0 saturated carbocycles. The van der Waals surface area contributed by atoms with Gasteiger partial charge < -0.3 is 15.2 Å². The third kappa shape index (κ3) is 23.9. The molecule has 0 amide bonds. The van der Waals surface area contributed by atoms with Crippen molar-refractivity contribution in [2.24, 2.45) is 0 Å². The second-order valence-corrected chi connectivity index (χ2v) is 9.22. The number of ether oxygens (including phenoxy) is 1. The SMILES string of the molecule is CCCCCCCCC(CCCCCCCC)OC(=O)CCCCCNCCCCO. The highest BCUT2D eigenvalue weighted by molar-refractivity contribution is 5.69. The zero-order chi connectivity index (χ0) is 22.8. The maximum absolute atomic E-state index is 12.3. The lowest BCUT2D eigenvalue weighted by Gasteiger charge is -2.18. The van der Waals surface area contributed by atoms with Gasteiger partial charge in [-0.3, -0.25) is 4.79 Å². The highest BCUT2D eigenvalue weighted by Gasteiger charge is 2.14. The summed E-state index contributed by atoms with van der Waals surface area (Å²) >= 11 is 0. The van der Waals surface area contributed by atoms with E-state index in [1.807, 2.05) is 0 Å². The van der Waals surface area contributed by atoms with Gasteiger partial charge in [0.25, 0.3) is 0 Å². The minimum Gasteiger partial charge on any atom is -0.462 e. The number of carbonyl (C=O) groups excluding carboxylic acids is 1. The van der Waals surface area contributed by atoms with Gasteiger partial charge in [-0.2, -0.15) is 0 Å². The van der Waals surface area contributed by atoms with Crippen LogP contribution in [0.3, 0.4) is 0 Å². The second-order valence-electron chi connectivity index (χ2n) is 9.22. The highest BCUT2D eigenvalue weighted by atomic mass is 16.5. The minimum absolute atomic E-state index is 0.0119. The van der Waals surface area contributed by atoms with Gasteiger partial charge in [-0.05, 0) is 64.5 Å². The van der Waals surface area contributed by atoms with Crippen molar-refractivity contribution in [2.45, 2.75) is 148 Å². The van der Waals surface area contributed by atoms with Crippen LogP contribution in [0.4, 0.5) is 0 Å². The number of carbonyl (C=O) groups is 1. The van der Waals surface area contributed by atoms with Crippen LogP contribution in [0.15, 0.2) is 0 Å². The minimum atomic E-state index is 0.0119. The molecule has 0 aliphatic carbocycles. The van der Waals surface area contributed by atoms with Gasteiger partial charge in [-0.25, -0.2) is 0 Å². The number of nitrogens with one attached hydrogen (secondary N) is 1. The quantitative estimate of drug-likeness (QED) is 0.115. The normalized spacial score (nSPS) is 11.4. The Bertz CT molecular complexity index is 346. The number of hydrogen-bond donors (Lipinski definition) is 2. The van der Waals surface area contributed by atoms with Crippen molar-refractivity contribution in [3.63, 3.8) is 0 Å². The van der Waals surface area contributed by atoms with Gasteiger partial charge in [0.15, 0.2) is 0 Å². The van der Waals surface area contributed by atoms with Crippen LogP contribution < -0.4 is 5.32 Å². The fourth-order valence-electron chi connectivity index (χ4n) is 3.99. The van der Waals surface area contributed by atoms with E-state index in [1.54, 1.807) is 0 Å². The van der Waals surface area contributed by atoms with Crippen molar-refractivity contribution in [2.75, 3.05) is 19.7 Å². The molecule has 0 rings (SSSR count). The lowest BCUT2D eigenvalue weighted by atomic mass is 10.0. The van der Waals surface area contributed by atoms with Crippen molar-refractivity contribution < 1.29 is 14.6 Å². The highest BCUT2D eigenvalue weighted by Crippen LogP contribution is 2.18. The molecule has 0 fully saturated rings. The van der Waals surface area contributed by atoms with Crippen LogP contribution in [0.5, 0.6) is 0 Å². The number of aliphatic hydroxyl groups excluding tert-OH is 1. The lowest BCUT2D eigenvalue weighted by Crippen LogP contribution is -2.19. The molecule has 0 aromatic heterocycles. The number of unbranched alkanes of at least 4 members (excludes halogenated alkanes) is 13. The first-order valence-corrected chi connectivity index (χ1v) is 13.8. The molecule has 4 heteroatoms. The Labute approximate surface area is 194 Å². The summed E-state index contributed by atoms with van der Waals surface area (Å²) in [5.74, 6) is 0.0119. The molecule has 0 aromatic rings. The molecule has 0 radical (unpaired) electrons. The summed E-state index contributed by atoms with van der Waals surface area (Å²) in [5, 5.41) is 12.2. The molecule has 0 aliphatic rings. The first-order chi connectivity index (χ1) is 15.2. The molecule has 31 heavy (non-hydrogen) atoms. The van der Waals surface area contributed by atoms with Gasteiger partial charge in [-0.1, -0.05) is 84.5 Å². The van der Waals surface area contributed by atoms with Gasteiger partial charge in [0.2, 0.25) is 0 Å². The predicted octanol–water partition coefficient (Wildman–Crippen LogP) is 7.32. The van der Waals surface area contributed by atoms with Crippen LogP contribution in [-0.2, 0) is 9.53 Å². The summed E-state index contributed by atoms with van der Waals surface area (Å²) in [4.78, 5) is 12.3. The summed E-state index contributed by atoms with van der Waals surface area (Å²) in [6, 6.07) is 0. The third-order valence-corrected chi connectivity index (χ3v) is 6.05. The van der Waals surface area contributed by atoms with E-state index in [4.69, 9.17) is 9.84 Å². The number of aliphatic hydroxyl groups is 1. The zero-order valence-corrected chi connectivity index (χ0v) is 21.1. The Hall–Kier alpha value is -0.610. The zero-order valence-electron chi connectivity index (χ0n) is 21.1. The fourth-order valence-corrected chi connectivity index (χ4v) is 3.99. The smallest absolute Gasteiger partial charge is 0.306 e. The van der Waals surface area contributed by atoms with Crippen LogP contribution in [0.1, 0.15) is 142 Å². The van der Waals surface area contributed by atoms with E-state index in [1.165, 1.54) is 77.0 Å². The van der Waals surface area contributed by atoms with E-state index < -0.39 is 0 Å². The molecule has 0 aromatic carbocycles. The summed E-state index contributed by atoms with van der Waals surface area (Å²) < 4.78 is 5.90. The molecular formula is C27H55NO3. The van der Waals surface area contributed by atoms with Crippen molar-refractivity contribution in [3.8, 4) is 0 Å². The fraction of sp³-hybridized carbons (Fsp3) is 0.963. The van der Waals surface area contributed by atoms with E-state index in [-0.39, 0.29) is 18.7 Å². The second kappa shape index (κ2) is 25.6. The number of esters is 1. The number of hydrogen-bond acceptors (Lipinski definition) is 4. The first kappa shape index (κ1) is 30.4. The van der Waals surface area contributed by atoms with Gasteiger partial charge >= 0.3 is 5.97 Å². The first-order valence-electron chi connectivity index (χ1n) is 13.8. The Balaban J connectivity index is 3.94. The van der Waals surface area contributed by atoms with Crippen LogP contribution in [0, 0.1) is 0 Å². The molecule has 0 bridgehead atoms. The van der Waals surface area contributed by atoms with Crippen LogP contribution in [0.2, 0.25) is 0 Å². The van der Waals surface area contributed by atoms with E-state index >= 15 is 0 Å². The predicted molar refractivity (Wildman–Crippen MR) is 134 cm³/mol. The molecule has 0 saturated heterocycles. The average Bonchev–Trinajstić information content (AvgIpc) is 2.77. The largest absolute Gasteiger partial charge is 0.462 e. The van der Waals surface area contributed by atoms with Crippen LogP contribution >= 0.6 is 0 Å². The Morgan fingerprint density at radius 1 is 0.677 bits per heavy atom. The monoisotopic (exact) mass is 441 g/mol. The maximum atomic E-state index is 12.3. The topological polar surface area (TPSA) is 58.6 Å². The average molecular weight is 442 g/mol. The number of rotatable bonds is 25. The van der Waals surface area contributed by atoms with Crippen molar-refractivity contribution in [1.29, 1.82) is 0 Å². The molecular weight excluding hydrogens is 386 g/mol. The van der Waals surface area contributed by atoms with E-state index in [9.17, 15) is 4.79 Å². The lowest BCUT2D eigenvalue weighted by molar-refractivity contribution is -0.150. The van der Waals surface area contributed by atoms with Gasteiger partial charge in [0, 0.05) is 13.0 Å². The van der Waals surface area contributed by atoms with Crippen molar-refractivity contribution in [1.82, 2.24) is 5.32 Å². The van der Waals surface area contributed by atoms with E-state index in [2.05, 4.69) is 19.2 Å². The summed E-state index contributed by atoms with van der Waals surface area (Å²) in [6.45, 7) is 6.76. The molecule has 0 aliphatic heterocycles. The standard InChI is InChI=1S/C27H55NO3/c1-3-5-7-9-11-14-20-26(21-15-12-10-8-6-4-2)31-27(30)22-16-13-17-23-28-24-18-19-25-29/h26,28-29H,3-25H2,1-2H3. The Morgan fingerprint density at radius 2 is 1.16 bits per heavy atom. The summed E-state index contributed by atoms with van der Waals surface area (Å²) in [7, 11) is 0. The van der Waals surface area contributed by atoms with Crippen molar-refractivity contribution in [3.05, 3.63) is 0 Å². The van der Waals surface area contributed by atoms with Crippen LogP contribution in [-0.4, -0.2) is 36.9 Å². The molecule has 4 nitrogen and oxygen atoms in total. The van der Waals surface area contributed by atoms with E-state index in [0.717, 1.165) is 58.0 Å². The molecule has 0 heterocycles. The molecule has 2 N–H and O–H groups in total. The summed E-state index contributed by atoms with van der Waals surface area (Å²) in [6.07, 6.45) is 23.3.